The Morgan fingerprint density at radius 3 is 2.61 bits per heavy atom. The van der Waals surface area contributed by atoms with E-state index < -0.39 is 0 Å². The highest BCUT2D eigenvalue weighted by atomic mass is 16.5. The van der Waals surface area contributed by atoms with Crippen LogP contribution in [0.1, 0.15) is 53.4 Å². The Morgan fingerprint density at radius 1 is 1.14 bits per heavy atom. The van der Waals surface area contributed by atoms with Gasteiger partial charge in [0.2, 0.25) is 5.88 Å². The van der Waals surface area contributed by atoms with Gasteiger partial charge in [0.05, 0.1) is 32.2 Å². The van der Waals surface area contributed by atoms with Crippen LogP contribution in [0, 0.1) is 11.8 Å². The van der Waals surface area contributed by atoms with E-state index in [1.165, 1.54) is 0 Å². The number of likely N-dealkylation sites (tertiary alicyclic amines) is 1. The fourth-order valence-corrected chi connectivity index (χ4v) is 5.10. The summed E-state index contributed by atoms with van der Waals surface area (Å²) in [5.41, 5.74) is 2.71. The number of carbonyl (C=O) groups excluding carboxylic acids is 1. The van der Waals surface area contributed by atoms with Crippen molar-refractivity contribution in [2.24, 2.45) is 21.8 Å². The van der Waals surface area contributed by atoms with Gasteiger partial charge in [0.1, 0.15) is 23.5 Å². The maximum Gasteiger partial charge on any atom is 0.213 e. The fourth-order valence-electron chi connectivity index (χ4n) is 5.10. The maximum absolute atomic E-state index is 13.3. The number of ketones is 1. The zero-order chi connectivity index (χ0) is 25.7. The number of hydrogen-bond acceptors (Lipinski definition) is 8. The summed E-state index contributed by atoms with van der Waals surface area (Å²) < 4.78 is 16.9. The molecule has 1 fully saturated rings. The van der Waals surface area contributed by atoms with E-state index in [0.29, 0.717) is 31.9 Å². The molecule has 0 aromatic carbocycles. The summed E-state index contributed by atoms with van der Waals surface area (Å²) in [5, 5.41) is 0. The molecule has 2 unspecified atom stereocenters. The number of carbonyl (C=O) groups is 1. The minimum absolute atomic E-state index is 0.0269. The SMILES string of the molecule is CC.COc1ccc(OC2CCN(C3=NC4=NC5=C(CCOC5)C(=O)C(C/C=C\3C)C4C)CC2)cn1. The number of piperidine rings is 1. The summed E-state index contributed by atoms with van der Waals surface area (Å²) in [6.45, 7) is 10.8. The lowest BCUT2D eigenvalue weighted by atomic mass is 9.82. The number of Topliss-reactive ketones (excluding diaryl/α,β-unsaturated/α-hetero) is 1. The van der Waals surface area contributed by atoms with E-state index in [1.807, 2.05) is 26.0 Å². The molecular weight excluding hydrogens is 456 g/mol. The van der Waals surface area contributed by atoms with Gasteiger partial charge in [0, 0.05) is 55.8 Å². The zero-order valence-electron chi connectivity index (χ0n) is 22.1. The number of nitrogens with zero attached hydrogens (tertiary/aromatic N) is 4. The summed E-state index contributed by atoms with van der Waals surface area (Å²) in [5.74, 6) is 3.13. The first-order valence-corrected chi connectivity index (χ1v) is 13.1. The van der Waals surface area contributed by atoms with E-state index in [0.717, 1.165) is 60.2 Å². The summed E-state index contributed by atoms with van der Waals surface area (Å²) in [7, 11) is 1.60. The molecule has 0 N–H and O–H groups in total. The Kier molecular flexibility index (Phi) is 8.56. The van der Waals surface area contributed by atoms with E-state index in [2.05, 4.69) is 29.8 Å². The number of aromatic nitrogens is 1. The van der Waals surface area contributed by atoms with Crippen molar-refractivity contribution in [2.45, 2.75) is 59.5 Å². The summed E-state index contributed by atoms with van der Waals surface area (Å²) in [6.07, 6.45) is 7.17. The second-order valence-corrected chi connectivity index (χ2v) is 9.36. The third-order valence-electron chi connectivity index (χ3n) is 7.19. The van der Waals surface area contributed by atoms with Gasteiger partial charge in [-0.1, -0.05) is 26.8 Å². The van der Waals surface area contributed by atoms with Gasteiger partial charge in [-0.25, -0.2) is 15.0 Å². The summed E-state index contributed by atoms with van der Waals surface area (Å²) in [6, 6.07) is 3.71. The predicted molar refractivity (Wildman–Crippen MR) is 141 cm³/mol. The molecule has 0 aliphatic carbocycles. The number of rotatable bonds is 3. The molecule has 4 aliphatic heterocycles. The molecular formula is C28H38N4O4. The molecule has 8 heteroatoms. The molecule has 5 heterocycles. The van der Waals surface area contributed by atoms with Gasteiger partial charge < -0.3 is 19.1 Å². The summed E-state index contributed by atoms with van der Waals surface area (Å²) in [4.78, 5) is 29.8. The van der Waals surface area contributed by atoms with Crippen molar-refractivity contribution >= 4 is 17.5 Å². The number of allylic oxidation sites excluding steroid dienone is 1. The lowest BCUT2D eigenvalue weighted by Gasteiger charge is -2.35. The van der Waals surface area contributed by atoms with Gasteiger partial charge in [-0.3, -0.25) is 4.79 Å². The molecule has 194 valence electrons. The predicted octanol–water partition coefficient (Wildman–Crippen LogP) is 4.62. The largest absolute Gasteiger partial charge is 0.489 e. The molecule has 1 aromatic rings. The number of methoxy groups -OCH3 is 1. The standard InChI is InChI=1S/C26H32N4O4.C2H6/c1-16-4-6-20-17(2)25(28-22-15-33-13-10-21(22)24(20)31)29-26(16)30-11-8-18(9-12-30)34-19-5-7-23(32-3)27-14-19;1-2/h4-5,7,14,17-18,20H,6,8-13,15H2,1-3H3;1-2H3/b16-4-,29-26?;. The molecule has 5 rings (SSSR count). The third-order valence-corrected chi connectivity index (χ3v) is 7.19. The van der Waals surface area contributed by atoms with Gasteiger partial charge in [-0.2, -0.15) is 0 Å². The Labute approximate surface area is 214 Å². The van der Waals surface area contributed by atoms with Crippen molar-refractivity contribution in [3.05, 3.63) is 41.2 Å². The normalized spacial score (nSPS) is 26.1. The van der Waals surface area contributed by atoms with Crippen LogP contribution in [0.5, 0.6) is 11.6 Å². The first-order chi connectivity index (χ1) is 17.5. The zero-order valence-corrected chi connectivity index (χ0v) is 22.1. The first kappa shape index (κ1) is 26.1. The Hall–Kier alpha value is -3.00. The second kappa shape index (κ2) is 11.8. The molecule has 36 heavy (non-hydrogen) atoms. The first-order valence-electron chi connectivity index (χ1n) is 13.1. The fraction of sp³-hybridized carbons (Fsp3) is 0.571. The number of amidine groups is 2. The monoisotopic (exact) mass is 494 g/mol. The van der Waals surface area contributed by atoms with Crippen molar-refractivity contribution in [1.82, 2.24) is 9.88 Å². The molecule has 8 nitrogen and oxygen atoms in total. The smallest absolute Gasteiger partial charge is 0.213 e. The molecule has 2 bridgehead atoms. The number of fused-ring (bicyclic) bond motifs is 2. The highest BCUT2D eigenvalue weighted by Crippen LogP contribution is 2.34. The average molecular weight is 495 g/mol. The topological polar surface area (TPSA) is 85.6 Å². The van der Waals surface area contributed by atoms with E-state index in [9.17, 15) is 4.79 Å². The maximum atomic E-state index is 13.3. The van der Waals surface area contributed by atoms with Crippen LogP contribution in [0.3, 0.4) is 0 Å². The van der Waals surface area contributed by atoms with E-state index in [4.69, 9.17) is 24.2 Å². The summed E-state index contributed by atoms with van der Waals surface area (Å²) >= 11 is 0. The molecule has 1 saturated heterocycles. The van der Waals surface area contributed by atoms with Crippen molar-refractivity contribution < 1.29 is 19.0 Å². The lowest BCUT2D eigenvalue weighted by Crippen LogP contribution is -2.43. The van der Waals surface area contributed by atoms with Gasteiger partial charge in [0.15, 0.2) is 5.78 Å². The van der Waals surface area contributed by atoms with Crippen LogP contribution >= 0.6 is 0 Å². The van der Waals surface area contributed by atoms with Crippen LogP contribution < -0.4 is 9.47 Å². The Balaban J connectivity index is 0.00000148. The van der Waals surface area contributed by atoms with Crippen LogP contribution in [0.25, 0.3) is 0 Å². The molecule has 0 saturated carbocycles. The van der Waals surface area contributed by atoms with Crippen molar-refractivity contribution in [3.63, 3.8) is 0 Å². The molecule has 4 aliphatic rings. The highest BCUT2D eigenvalue weighted by Gasteiger charge is 2.37. The van der Waals surface area contributed by atoms with Gasteiger partial charge in [0.25, 0.3) is 0 Å². The van der Waals surface area contributed by atoms with Crippen LogP contribution in [0.2, 0.25) is 0 Å². The highest BCUT2D eigenvalue weighted by molar-refractivity contribution is 6.10. The van der Waals surface area contributed by atoms with Gasteiger partial charge in [-0.15, -0.1) is 0 Å². The van der Waals surface area contributed by atoms with Crippen molar-refractivity contribution in [1.29, 1.82) is 0 Å². The molecule has 1 aromatic heterocycles. The number of aliphatic imine (C=N–C) groups is 2. The van der Waals surface area contributed by atoms with Gasteiger partial charge >= 0.3 is 0 Å². The van der Waals surface area contributed by atoms with Crippen molar-refractivity contribution in [2.75, 3.05) is 33.4 Å². The van der Waals surface area contributed by atoms with Crippen molar-refractivity contribution in [3.8, 4) is 11.6 Å². The van der Waals surface area contributed by atoms with Gasteiger partial charge in [-0.05, 0) is 25.0 Å². The third kappa shape index (κ3) is 5.53. The van der Waals surface area contributed by atoms with Crippen LogP contribution in [0.15, 0.2) is 51.2 Å². The molecule has 0 spiro atoms. The minimum Gasteiger partial charge on any atom is -0.489 e. The quantitative estimate of drug-likeness (QED) is 0.610. The molecule has 2 atom stereocenters. The second-order valence-electron chi connectivity index (χ2n) is 9.36. The Bertz CT molecular complexity index is 1070. The average Bonchev–Trinajstić information content (AvgIpc) is 3.02. The van der Waals surface area contributed by atoms with Crippen LogP contribution in [-0.2, 0) is 9.53 Å². The number of pyridine rings is 1. The minimum atomic E-state index is -0.109. The van der Waals surface area contributed by atoms with E-state index in [1.54, 1.807) is 13.3 Å². The van der Waals surface area contributed by atoms with E-state index >= 15 is 0 Å². The lowest BCUT2D eigenvalue weighted by molar-refractivity contribution is -0.120. The molecule has 0 radical (unpaired) electrons. The molecule has 0 amide bonds. The number of ether oxygens (including phenoxy) is 3. The Morgan fingerprint density at radius 2 is 1.92 bits per heavy atom. The van der Waals surface area contributed by atoms with Crippen LogP contribution in [-0.4, -0.2) is 66.9 Å². The van der Waals surface area contributed by atoms with Crippen LogP contribution in [0.4, 0.5) is 0 Å². The van der Waals surface area contributed by atoms with E-state index in [-0.39, 0.29) is 23.7 Å². The number of hydrogen-bond donors (Lipinski definition) is 0.